The van der Waals surface area contributed by atoms with Gasteiger partial charge in [0.2, 0.25) is 5.91 Å². The summed E-state index contributed by atoms with van der Waals surface area (Å²) < 4.78 is 7.06. The molecular weight excluding hydrogens is 398 g/mol. The second kappa shape index (κ2) is 8.86. The monoisotopic (exact) mass is 421 g/mol. The van der Waals surface area contributed by atoms with E-state index in [1.165, 1.54) is 0 Å². The van der Waals surface area contributed by atoms with Crippen molar-refractivity contribution in [3.8, 4) is 5.75 Å². The van der Waals surface area contributed by atoms with Gasteiger partial charge >= 0.3 is 6.03 Å². The summed E-state index contributed by atoms with van der Waals surface area (Å²) in [6.07, 6.45) is 1.63. The highest BCUT2D eigenvalue weighted by Crippen LogP contribution is 2.17. The van der Waals surface area contributed by atoms with E-state index >= 15 is 0 Å². The first kappa shape index (κ1) is 20.4. The smallest absolute Gasteiger partial charge is 0.325 e. The average molecular weight is 421 g/mol. The molecule has 0 spiro atoms. The third-order valence-electron chi connectivity index (χ3n) is 5.20. The number of hydrogen-bond donors (Lipinski definition) is 2. The molecule has 1 aromatic heterocycles. The normalized spacial score (nSPS) is 15.9. The van der Waals surface area contributed by atoms with Gasteiger partial charge in [0.15, 0.2) is 0 Å². The third-order valence-corrected chi connectivity index (χ3v) is 5.20. The number of urea groups is 1. The maximum Gasteiger partial charge on any atom is 0.325 e. The minimum Gasteiger partial charge on any atom is -0.497 e. The number of para-hydroxylation sites is 2. The van der Waals surface area contributed by atoms with Crippen molar-refractivity contribution in [3.63, 3.8) is 0 Å². The lowest BCUT2D eigenvalue weighted by atomic mass is 10.1. The Morgan fingerprint density at radius 2 is 1.94 bits per heavy atom. The van der Waals surface area contributed by atoms with Crippen molar-refractivity contribution in [1.29, 1.82) is 0 Å². The van der Waals surface area contributed by atoms with Gasteiger partial charge < -0.3 is 19.9 Å². The molecule has 1 aliphatic heterocycles. The van der Waals surface area contributed by atoms with Gasteiger partial charge in [-0.15, -0.1) is 0 Å². The van der Waals surface area contributed by atoms with Crippen LogP contribution in [0.1, 0.15) is 12.0 Å². The van der Waals surface area contributed by atoms with Crippen molar-refractivity contribution in [2.75, 3.05) is 13.7 Å². The van der Waals surface area contributed by atoms with E-state index in [4.69, 9.17) is 4.74 Å². The lowest BCUT2D eigenvalue weighted by molar-refractivity contribution is -0.131. The van der Waals surface area contributed by atoms with E-state index in [-0.39, 0.29) is 18.9 Å². The number of ether oxygens (including phenoxy) is 1. The SMILES string of the molecule is COc1ccc(CN2C(=O)NC(CC(=O)NCCn3cnc4ccccc43)C2=O)cc1. The largest absolute Gasteiger partial charge is 0.497 e. The number of nitrogens with zero attached hydrogens (tertiary/aromatic N) is 3. The van der Waals surface area contributed by atoms with Gasteiger partial charge in [0, 0.05) is 13.1 Å². The molecule has 31 heavy (non-hydrogen) atoms. The Kier molecular flexibility index (Phi) is 5.83. The van der Waals surface area contributed by atoms with Crippen molar-refractivity contribution in [1.82, 2.24) is 25.1 Å². The number of amides is 4. The number of hydrogen-bond acceptors (Lipinski definition) is 5. The van der Waals surface area contributed by atoms with Crippen LogP contribution in [-0.2, 0) is 22.7 Å². The Hall–Kier alpha value is -3.88. The minimum atomic E-state index is -0.861. The van der Waals surface area contributed by atoms with E-state index in [0.717, 1.165) is 21.5 Å². The van der Waals surface area contributed by atoms with Crippen LogP contribution in [0.25, 0.3) is 11.0 Å². The number of carbonyl (C=O) groups is 3. The zero-order valence-electron chi connectivity index (χ0n) is 17.1. The van der Waals surface area contributed by atoms with Gasteiger partial charge in [0.1, 0.15) is 11.8 Å². The molecule has 9 nitrogen and oxygen atoms in total. The fourth-order valence-corrected chi connectivity index (χ4v) is 3.54. The Labute approximate surface area is 179 Å². The van der Waals surface area contributed by atoms with Crippen LogP contribution in [0.2, 0.25) is 0 Å². The van der Waals surface area contributed by atoms with Crippen LogP contribution in [-0.4, -0.2) is 52.0 Å². The number of imidazole rings is 1. The minimum absolute atomic E-state index is 0.103. The number of imide groups is 1. The summed E-state index contributed by atoms with van der Waals surface area (Å²) >= 11 is 0. The average Bonchev–Trinajstić information content (AvgIpc) is 3.30. The summed E-state index contributed by atoms with van der Waals surface area (Å²) in [5.74, 6) is -0.00914. The molecule has 4 rings (SSSR count). The van der Waals surface area contributed by atoms with Crippen LogP contribution in [0.4, 0.5) is 4.79 Å². The van der Waals surface area contributed by atoms with Crippen LogP contribution in [0.15, 0.2) is 54.9 Å². The lowest BCUT2D eigenvalue weighted by Crippen LogP contribution is -2.37. The second-order valence-corrected chi connectivity index (χ2v) is 7.26. The summed E-state index contributed by atoms with van der Waals surface area (Å²) in [5.41, 5.74) is 2.68. The van der Waals surface area contributed by atoms with Crippen molar-refractivity contribution in [3.05, 3.63) is 60.4 Å². The van der Waals surface area contributed by atoms with Crippen LogP contribution < -0.4 is 15.4 Å². The molecule has 4 amide bonds. The summed E-state index contributed by atoms with van der Waals surface area (Å²) in [4.78, 5) is 42.6. The number of aromatic nitrogens is 2. The predicted octanol–water partition coefficient (Wildman–Crippen LogP) is 1.67. The van der Waals surface area contributed by atoms with Gasteiger partial charge in [0.05, 0.1) is 37.4 Å². The van der Waals surface area contributed by atoms with Gasteiger partial charge in [-0.2, -0.15) is 0 Å². The highest BCUT2D eigenvalue weighted by Gasteiger charge is 2.38. The molecule has 160 valence electrons. The molecular formula is C22H23N5O4. The van der Waals surface area contributed by atoms with Crippen molar-refractivity contribution in [2.45, 2.75) is 25.6 Å². The molecule has 1 atom stereocenters. The number of benzene rings is 2. The summed E-state index contributed by atoms with van der Waals surface area (Å²) in [6.45, 7) is 1.09. The Balaban J connectivity index is 1.28. The third kappa shape index (κ3) is 4.50. The van der Waals surface area contributed by atoms with Crippen LogP contribution in [0.5, 0.6) is 5.75 Å². The Bertz CT molecular complexity index is 1110. The molecule has 1 aliphatic rings. The van der Waals surface area contributed by atoms with Crippen LogP contribution in [0.3, 0.4) is 0 Å². The van der Waals surface area contributed by atoms with Gasteiger partial charge in [0.25, 0.3) is 5.91 Å². The highest BCUT2D eigenvalue weighted by atomic mass is 16.5. The fourth-order valence-electron chi connectivity index (χ4n) is 3.54. The number of rotatable bonds is 8. The molecule has 9 heteroatoms. The topological polar surface area (TPSA) is 106 Å². The lowest BCUT2D eigenvalue weighted by Gasteiger charge is -2.13. The quantitative estimate of drug-likeness (QED) is 0.539. The number of methoxy groups -OCH3 is 1. The molecule has 0 bridgehead atoms. The number of fused-ring (bicyclic) bond motifs is 1. The molecule has 2 N–H and O–H groups in total. The first-order valence-electron chi connectivity index (χ1n) is 9.96. The van der Waals surface area contributed by atoms with Crippen molar-refractivity contribution >= 4 is 28.9 Å². The predicted molar refractivity (Wildman–Crippen MR) is 113 cm³/mol. The molecule has 0 aliphatic carbocycles. The Morgan fingerprint density at radius 1 is 1.16 bits per heavy atom. The van der Waals surface area contributed by atoms with Gasteiger partial charge in [-0.05, 0) is 29.8 Å². The zero-order chi connectivity index (χ0) is 21.8. The standard InChI is InChI=1S/C22H23N5O4/c1-31-16-8-6-15(7-9-16)13-27-21(29)18(25-22(27)30)12-20(28)23-10-11-26-14-24-17-4-2-3-5-19(17)26/h2-9,14,18H,10-13H2,1H3,(H,23,28)(H,25,30). The van der Waals surface area contributed by atoms with Gasteiger partial charge in [-0.25, -0.2) is 9.78 Å². The van der Waals surface area contributed by atoms with E-state index in [2.05, 4.69) is 15.6 Å². The maximum absolute atomic E-state index is 12.6. The van der Waals surface area contributed by atoms with Crippen molar-refractivity contribution < 1.29 is 19.1 Å². The van der Waals surface area contributed by atoms with E-state index in [9.17, 15) is 14.4 Å². The van der Waals surface area contributed by atoms with Crippen molar-refractivity contribution in [2.24, 2.45) is 0 Å². The second-order valence-electron chi connectivity index (χ2n) is 7.26. The zero-order valence-corrected chi connectivity index (χ0v) is 17.1. The molecule has 3 aromatic rings. The van der Waals surface area contributed by atoms with E-state index < -0.39 is 18.0 Å². The molecule has 2 aromatic carbocycles. The maximum atomic E-state index is 12.6. The summed E-state index contributed by atoms with van der Waals surface area (Å²) in [6, 6.07) is 13.5. The first-order valence-corrected chi connectivity index (χ1v) is 9.96. The van der Waals surface area contributed by atoms with E-state index in [1.807, 2.05) is 28.8 Å². The number of carbonyl (C=O) groups excluding carboxylic acids is 3. The molecule has 1 fully saturated rings. The van der Waals surface area contributed by atoms with Gasteiger partial charge in [-0.1, -0.05) is 24.3 Å². The highest BCUT2D eigenvalue weighted by molar-refractivity contribution is 6.05. The molecule has 1 unspecified atom stereocenters. The summed E-state index contributed by atoms with van der Waals surface area (Å²) in [7, 11) is 1.57. The molecule has 2 heterocycles. The first-order chi connectivity index (χ1) is 15.0. The van der Waals surface area contributed by atoms with Gasteiger partial charge in [-0.3, -0.25) is 14.5 Å². The van der Waals surface area contributed by atoms with Crippen LogP contribution >= 0.6 is 0 Å². The fraction of sp³-hybridized carbons (Fsp3) is 0.273. The Morgan fingerprint density at radius 3 is 2.71 bits per heavy atom. The number of nitrogens with one attached hydrogen (secondary N) is 2. The molecule has 0 radical (unpaired) electrons. The molecule has 0 saturated carbocycles. The van der Waals surface area contributed by atoms with E-state index in [1.54, 1.807) is 37.7 Å². The van der Waals surface area contributed by atoms with E-state index in [0.29, 0.717) is 18.8 Å². The molecule has 1 saturated heterocycles. The summed E-state index contributed by atoms with van der Waals surface area (Å²) in [5, 5.41) is 5.39. The van der Waals surface area contributed by atoms with Crippen LogP contribution in [0, 0.1) is 0 Å².